The van der Waals surface area contributed by atoms with Crippen molar-refractivity contribution in [2.24, 2.45) is 0 Å². The van der Waals surface area contributed by atoms with E-state index >= 15 is 0 Å². The normalized spacial score (nSPS) is 15.0. The van der Waals surface area contributed by atoms with Crippen molar-refractivity contribution in [2.45, 2.75) is 6.04 Å². The first kappa shape index (κ1) is 16.1. The topological polar surface area (TPSA) is 55.1 Å². The zero-order valence-corrected chi connectivity index (χ0v) is 15.4. The summed E-state index contributed by atoms with van der Waals surface area (Å²) in [6.45, 7) is 0. The van der Waals surface area contributed by atoms with Crippen LogP contribution in [0.25, 0.3) is 32.9 Å². The van der Waals surface area contributed by atoms with Crippen molar-refractivity contribution in [1.82, 2.24) is 4.98 Å². The van der Waals surface area contributed by atoms with Gasteiger partial charge in [0.1, 0.15) is 11.6 Å². The van der Waals surface area contributed by atoms with Crippen molar-refractivity contribution < 1.29 is 4.42 Å². The maximum absolute atomic E-state index is 13.2. The van der Waals surface area contributed by atoms with Crippen LogP contribution in [-0.4, -0.2) is 4.98 Å². The van der Waals surface area contributed by atoms with Gasteiger partial charge in [-0.1, -0.05) is 54.6 Å². The molecule has 0 amide bonds. The van der Waals surface area contributed by atoms with Crippen LogP contribution >= 0.6 is 0 Å². The Morgan fingerprint density at radius 1 is 0.793 bits per heavy atom. The fourth-order valence-corrected chi connectivity index (χ4v) is 4.35. The van der Waals surface area contributed by atoms with Crippen LogP contribution in [0.1, 0.15) is 17.3 Å². The second kappa shape index (κ2) is 6.04. The number of anilines is 1. The first-order valence-electron chi connectivity index (χ1n) is 9.56. The molecule has 4 heteroatoms. The second-order valence-corrected chi connectivity index (χ2v) is 7.22. The molecular formula is C25H16N2O2. The highest BCUT2D eigenvalue weighted by atomic mass is 16.4. The number of rotatable bonds is 1. The van der Waals surface area contributed by atoms with Crippen LogP contribution in [0.3, 0.4) is 0 Å². The van der Waals surface area contributed by atoms with Gasteiger partial charge in [0, 0.05) is 28.4 Å². The van der Waals surface area contributed by atoms with Crippen LogP contribution in [0.4, 0.5) is 5.69 Å². The van der Waals surface area contributed by atoms with Gasteiger partial charge in [-0.2, -0.15) is 0 Å². The standard InChI is InChI=1S/C25H16N2O2/c28-25-23-22(17-9-3-4-11-20(17)29-25)21-16-8-2-1-7-15(16)12-13-18(21)27-24(23)19-10-5-6-14-26-19/h1-14,24,27H. The zero-order chi connectivity index (χ0) is 19.4. The van der Waals surface area contributed by atoms with Gasteiger partial charge in [0.05, 0.1) is 11.3 Å². The quantitative estimate of drug-likeness (QED) is 0.391. The molecule has 3 aromatic carbocycles. The molecule has 0 saturated carbocycles. The minimum atomic E-state index is -0.374. The molecule has 3 heterocycles. The van der Waals surface area contributed by atoms with Crippen LogP contribution in [0.15, 0.2) is 94.3 Å². The zero-order valence-electron chi connectivity index (χ0n) is 15.4. The predicted octanol–water partition coefficient (Wildman–Crippen LogP) is 5.52. The average molecular weight is 376 g/mol. The van der Waals surface area contributed by atoms with Crippen molar-refractivity contribution >= 4 is 27.4 Å². The van der Waals surface area contributed by atoms with Gasteiger partial charge in [-0.15, -0.1) is 0 Å². The van der Waals surface area contributed by atoms with Crippen molar-refractivity contribution in [3.63, 3.8) is 0 Å². The van der Waals surface area contributed by atoms with Gasteiger partial charge in [0.2, 0.25) is 0 Å². The molecule has 5 aromatic rings. The summed E-state index contributed by atoms with van der Waals surface area (Å²) in [6, 6.07) is 25.5. The van der Waals surface area contributed by atoms with Gasteiger partial charge in [-0.3, -0.25) is 4.98 Å². The summed E-state index contributed by atoms with van der Waals surface area (Å²) in [7, 11) is 0. The largest absolute Gasteiger partial charge is 0.422 e. The number of hydrogen-bond acceptors (Lipinski definition) is 4. The Balaban J connectivity index is 1.80. The molecule has 29 heavy (non-hydrogen) atoms. The Morgan fingerprint density at radius 3 is 2.45 bits per heavy atom. The number of fused-ring (bicyclic) bond motifs is 7. The first-order chi connectivity index (χ1) is 14.3. The molecule has 1 unspecified atom stereocenters. The van der Waals surface area contributed by atoms with Gasteiger partial charge in [0.15, 0.2) is 0 Å². The van der Waals surface area contributed by atoms with Crippen molar-refractivity contribution in [2.75, 3.05) is 5.32 Å². The molecule has 6 rings (SSSR count). The lowest BCUT2D eigenvalue weighted by molar-refractivity contribution is 0.547. The van der Waals surface area contributed by atoms with E-state index in [-0.39, 0.29) is 11.7 Å². The molecule has 2 aromatic heterocycles. The summed E-state index contributed by atoms with van der Waals surface area (Å²) in [6.07, 6.45) is 1.75. The second-order valence-electron chi connectivity index (χ2n) is 7.22. The molecule has 0 saturated heterocycles. The fraction of sp³-hybridized carbons (Fsp3) is 0.0400. The molecule has 0 radical (unpaired) electrons. The van der Waals surface area contributed by atoms with E-state index in [4.69, 9.17) is 4.42 Å². The maximum Gasteiger partial charge on any atom is 0.342 e. The molecule has 0 spiro atoms. The molecule has 1 atom stereocenters. The van der Waals surface area contributed by atoms with E-state index in [2.05, 4.69) is 34.6 Å². The van der Waals surface area contributed by atoms with Crippen LogP contribution in [0.5, 0.6) is 0 Å². The third kappa shape index (κ3) is 2.32. The monoisotopic (exact) mass is 376 g/mol. The Morgan fingerprint density at radius 2 is 1.59 bits per heavy atom. The van der Waals surface area contributed by atoms with E-state index in [1.54, 1.807) is 6.20 Å². The summed E-state index contributed by atoms with van der Waals surface area (Å²) in [4.78, 5) is 17.7. The lowest BCUT2D eigenvalue weighted by atomic mass is 9.84. The number of nitrogens with zero attached hydrogens (tertiary/aromatic N) is 1. The Kier molecular flexibility index (Phi) is 3.35. The molecule has 0 bridgehead atoms. The average Bonchev–Trinajstić information content (AvgIpc) is 2.78. The van der Waals surface area contributed by atoms with E-state index in [1.807, 2.05) is 54.6 Å². The van der Waals surface area contributed by atoms with Crippen LogP contribution in [0.2, 0.25) is 0 Å². The van der Waals surface area contributed by atoms with E-state index in [9.17, 15) is 4.79 Å². The van der Waals surface area contributed by atoms with E-state index in [0.29, 0.717) is 11.1 Å². The highest BCUT2D eigenvalue weighted by Gasteiger charge is 2.32. The minimum Gasteiger partial charge on any atom is -0.422 e. The van der Waals surface area contributed by atoms with Gasteiger partial charge in [-0.05, 0) is 35.0 Å². The molecule has 1 aliphatic rings. The lowest BCUT2D eigenvalue weighted by Gasteiger charge is -2.30. The van der Waals surface area contributed by atoms with Crippen molar-refractivity contribution in [3.05, 3.63) is 107 Å². The highest BCUT2D eigenvalue weighted by molar-refractivity contribution is 6.11. The fourth-order valence-electron chi connectivity index (χ4n) is 4.35. The lowest BCUT2D eigenvalue weighted by Crippen LogP contribution is -2.26. The Hall–Kier alpha value is -3.92. The summed E-state index contributed by atoms with van der Waals surface area (Å²) in [5.41, 5.74) is 4.61. The summed E-state index contributed by atoms with van der Waals surface area (Å²) in [5.74, 6) is 0. The number of para-hydroxylation sites is 1. The molecule has 1 N–H and O–H groups in total. The number of pyridine rings is 1. The molecule has 0 fully saturated rings. The summed E-state index contributed by atoms with van der Waals surface area (Å²) in [5, 5.41) is 6.71. The smallest absolute Gasteiger partial charge is 0.342 e. The molecule has 1 aliphatic heterocycles. The highest BCUT2D eigenvalue weighted by Crippen LogP contribution is 2.47. The Bertz CT molecular complexity index is 1450. The van der Waals surface area contributed by atoms with Crippen molar-refractivity contribution in [1.29, 1.82) is 0 Å². The number of hydrogen-bond donors (Lipinski definition) is 1. The summed E-state index contributed by atoms with van der Waals surface area (Å²) >= 11 is 0. The first-order valence-corrected chi connectivity index (χ1v) is 9.56. The SMILES string of the molecule is O=c1oc2ccccc2c2c1C(c1ccccn1)Nc1ccc3ccccc3c1-2. The Labute approximate surface area is 166 Å². The van der Waals surface area contributed by atoms with Gasteiger partial charge >= 0.3 is 5.63 Å². The van der Waals surface area contributed by atoms with Crippen LogP contribution in [-0.2, 0) is 0 Å². The van der Waals surface area contributed by atoms with Gasteiger partial charge in [0.25, 0.3) is 0 Å². The van der Waals surface area contributed by atoms with Crippen molar-refractivity contribution in [3.8, 4) is 11.1 Å². The summed E-state index contributed by atoms with van der Waals surface area (Å²) < 4.78 is 5.72. The molecule has 0 aliphatic carbocycles. The van der Waals surface area contributed by atoms with Crippen LogP contribution < -0.4 is 10.9 Å². The van der Waals surface area contributed by atoms with E-state index < -0.39 is 0 Å². The van der Waals surface area contributed by atoms with Crippen LogP contribution in [0, 0.1) is 0 Å². The molecule has 138 valence electrons. The predicted molar refractivity (Wildman–Crippen MR) is 115 cm³/mol. The third-order valence-corrected chi connectivity index (χ3v) is 5.60. The molecular weight excluding hydrogens is 360 g/mol. The number of nitrogens with one attached hydrogen (secondary N) is 1. The number of aromatic nitrogens is 1. The molecule has 4 nitrogen and oxygen atoms in total. The maximum atomic E-state index is 13.2. The van der Waals surface area contributed by atoms with Gasteiger partial charge in [-0.25, -0.2) is 4.79 Å². The number of benzene rings is 3. The van der Waals surface area contributed by atoms with E-state index in [1.165, 1.54) is 0 Å². The minimum absolute atomic E-state index is 0.333. The van der Waals surface area contributed by atoms with Gasteiger partial charge < -0.3 is 9.73 Å². The third-order valence-electron chi connectivity index (χ3n) is 5.60. The van der Waals surface area contributed by atoms with E-state index in [0.717, 1.165) is 38.7 Å².